The van der Waals surface area contributed by atoms with Crippen LogP contribution in [0, 0.1) is 13.8 Å². The Kier molecular flexibility index (Phi) is 5.87. The lowest BCUT2D eigenvalue weighted by Crippen LogP contribution is -2.29. The number of aryl methyl sites for hydroxylation is 1. The molecule has 1 aromatic carbocycles. The Morgan fingerprint density at radius 3 is 2.50 bits per heavy atom. The van der Waals surface area contributed by atoms with Gasteiger partial charge in [0, 0.05) is 43.1 Å². The molecule has 0 spiro atoms. The molecule has 0 amide bonds. The lowest BCUT2D eigenvalue weighted by molar-refractivity contribution is 0.286. The number of furan rings is 1. The summed E-state index contributed by atoms with van der Waals surface area (Å²) in [4.78, 5) is 8.99. The van der Waals surface area contributed by atoms with Gasteiger partial charge in [-0.05, 0) is 86.2 Å². The summed E-state index contributed by atoms with van der Waals surface area (Å²) in [5, 5.41) is 4.24. The third-order valence-corrected chi connectivity index (χ3v) is 6.87. The molecule has 0 saturated carbocycles. The molecular formula is C27H29N5OS. The Morgan fingerprint density at radius 2 is 1.85 bits per heavy atom. The zero-order valence-corrected chi connectivity index (χ0v) is 20.7. The van der Waals surface area contributed by atoms with Crippen molar-refractivity contribution in [3.63, 3.8) is 0 Å². The van der Waals surface area contributed by atoms with Crippen molar-refractivity contribution in [2.75, 3.05) is 19.0 Å². The summed E-state index contributed by atoms with van der Waals surface area (Å²) < 4.78 is 7.99. The minimum Gasteiger partial charge on any atom is -0.467 e. The van der Waals surface area contributed by atoms with Gasteiger partial charge in [0.2, 0.25) is 0 Å². The van der Waals surface area contributed by atoms with Crippen LogP contribution in [0.25, 0.3) is 5.69 Å². The number of nitrogens with zero attached hydrogens (tertiary/aromatic N) is 4. The molecule has 4 heterocycles. The Bertz CT molecular complexity index is 1280. The Labute approximate surface area is 205 Å². The second-order valence-electron chi connectivity index (χ2n) is 8.91. The molecule has 2 atom stereocenters. The second-order valence-corrected chi connectivity index (χ2v) is 9.29. The average Bonchev–Trinajstić information content (AvgIpc) is 3.54. The summed E-state index contributed by atoms with van der Waals surface area (Å²) in [6, 6.07) is 20.8. The number of pyridine rings is 1. The van der Waals surface area contributed by atoms with Gasteiger partial charge in [-0.3, -0.25) is 4.98 Å². The monoisotopic (exact) mass is 471 g/mol. The molecule has 5 rings (SSSR count). The van der Waals surface area contributed by atoms with Crippen LogP contribution in [0.2, 0.25) is 0 Å². The average molecular weight is 472 g/mol. The summed E-state index contributed by atoms with van der Waals surface area (Å²) >= 11 is 5.82. The van der Waals surface area contributed by atoms with E-state index in [1.54, 1.807) is 6.26 Å². The molecule has 7 heteroatoms. The van der Waals surface area contributed by atoms with Gasteiger partial charge in [-0.25, -0.2) is 0 Å². The molecule has 0 radical (unpaired) electrons. The van der Waals surface area contributed by atoms with E-state index in [1.165, 1.54) is 22.6 Å². The molecule has 4 aromatic rings. The first-order valence-electron chi connectivity index (χ1n) is 11.4. The maximum absolute atomic E-state index is 5.82. The zero-order valence-electron chi connectivity index (χ0n) is 19.9. The van der Waals surface area contributed by atoms with Crippen molar-refractivity contribution in [1.29, 1.82) is 0 Å². The molecule has 0 bridgehead atoms. The highest BCUT2D eigenvalue weighted by Gasteiger charge is 2.41. The summed E-state index contributed by atoms with van der Waals surface area (Å²) in [5.41, 5.74) is 6.89. The van der Waals surface area contributed by atoms with E-state index in [0.29, 0.717) is 11.7 Å². The molecule has 1 fully saturated rings. The van der Waals surface area contributed by atoms with Gasteiger partial charge in [-0.2, -0.15) is 0 Å². The summed E-state index contributed by atoms with van der Waals surface area (Å²) in [6.07, 6.45) is 3.54. The highest BCUT2D eigenvalue weighted by molar-refractivity contribution is 7.80. The van der Waals surface area contributed by atoms with Gasteiger partial charge >= 0.3 is 0 Å². The van der Waals surface area contributed by atoms with Crippen molar-refractivity contribution in [3.05, 3.63) is 102 Å². The highest BCUT2D eigenvalue weighted by atomic mass is 32.1. The first-order valence-corrected chi connectivity index (χ1v) is 11.8. The van der Waals surface area contributed by atoms with E-state index in [4.69, 9.17) is 16.6 Å². The number of anilines is 1. The molecule has 3 aromatic heterocycles. The SMILES string of the molecule is Cc1cc([C@H]2[C@@H](c3ccccn3)NC(=S)N2Cc2ccco2)c(C)n1-c1ccc(N(C)C)cc1. The van der Waals surface area contributed by atoms with Gasteiger partial charge in [0.15, 0.2) is 5.11 Å². The van der Waals surface area contributed by atoms with Crippen molar-refractivity contribution in [1.82, 2.24) is 19.8 Å². The van der Waals surface area contributed by atoms with Crippen LogP contribution in [0.4, 0.5) is 5.69 Å². The summed E-state index contributed by atoms with van der Waals surface area (Å²) in [6.45, 7) is 4.93. The molecule has 34 heavy (non-hydrogen) atoms. The third-order valence-electron chi connectivity index (χ3n) is 6.52. The molecule has 1 N–H and O–H groups in total. The lowest BCUT2D eigenvalue weighted by Gasteiger charge is -2.27. The standard InChI is InChI=1S/C27H29N5OS/c1-18-16-23(19(2)32(18)21-12-10-20(11-13-21)30(3)4)26-25(24-9-5-6-14-28-24)29-27(34)31(26)17-22-8-7-15-33-22/h5-16,25-26H,17H2,1-4H3,(H,29,34)/t25-,26+/m1/s1. The minimum absolute atomic E-state index is 0.0199. The van der Waals surface area contributed by atoms with Gasteiger partial charge in [-0.15, -0.1) is 0 Å². The number of nitrogens with one attached hydrogen (secondary N) is 1. The number of aromatic nitrogens is 2. The Hall–Kier alpha value is -3.58. The topological polar surface area (TPSA) is 49.5 Å². The molecule has 1 saturated heterocycles. The van der Waals surface area contributed by atoms with Gasteiger partial charge in [0.05, 0.1) is 30.6 Å². The molecular weight excluding hydrogens is 442 g/mol. The summed E-state index contributed by atoms with van der Waals surface area (Å²) in [7, 11) is 4.11. The number of hydrogen-bond acceptors (Lipinski definition) is 4. The largest absolute Gasteiger partial charge is 0.467 e. The van der Waals surface area contributed by atoms with Crippen LogP contribution in [0.5, 0.6) is 0 Å². The van der Waals surface area contributed by atoms with Crippen molar-refractivity contribution in [2.45, 2.75) is 32.5 Å². The summed E-state index contributed by atoms with van der Waals surface area (Å²) in [5.74, 6) is 0.879. The van der Waals surface area contributed by atoms with Gasteiger partial charge < -0.3 is 24.1 Å². The van der Waals surface area contributed by atoms with E-state index in [1.807, 2.05) is 30.5 Å². The fourth-order valence-electron chi connectivity index (χ4n) is 4.87. The quantitative estimate of drug-likeness (QED) is 0.384. The highest BCUT2D eigenvalue weighted by Crippen LogP contribution is 2.42. The maximum Gasteiger partial charge on any atom is 0.170 e. The van der Waals surface area contributed by atoms with Crippen LogP contribution in [0.15, 0.2) is 77.5 Å². The zero-order chi connectivity index (χ0) is 23.8. The van der Waals surface area contributed by atoms with E-state index >= 15 is 0 Å². The maximum atomic E-state index is 5.82. The predicted molar refractivity (Wildman–Crippen MR) is 139 cm³/mol. The van der Waals surface area contributed by atoms with Crippen molar-refractivity contribution >= 4 is 23.0 Å². The van der Waals surface area contributed by atoms with Crippen molar-refractivity contribution in [3.8, 4) is 5.69 Å². The molecule has 1 aliphatic heterocycles. The normalized spacial score (nSPS) is 17.8. The van der Waals surface area contributed by atoms with Gasteiger partial charge in [0.1, 0.15) is 5.76 Å². The number of hydrogen-bond donors (Lipinski definition) is 1. The second kappa shape index (κ2) is 8.99. The minimum atomic E-state index is -0.0614. The van der Waals surface area contributed by atoms with Crippen LogP contribution >= 0.6 is 12.2 Å². The number of rotatable bonds is 6. The lowest BCUT2D eigenvalue weighted by atomic mass is 9.96. The van der Waals surface area contributed by atoms with Crippen LogP contribution in [-0.4, -0.2) is 33.7 Å². The molecule has 0 aliphatic carbocycles. The number of benzene rings is 1. The van der Waals surface area contributed by atoms with Crippen LogP contribution in [-0.2, 0) is 6.54 Å². The molecule has 0 unspecified atom stereocenters. The van der Waals surface area contributed by atoms with E-state index in [9.17, 15) is 0 Å². The molecule has 174 valence electrons. The van der Waals surface area contributed by atoms with E-state index in [2.05, 4.69) is 89.0 Å². The number of thiocarbonyl (C=S) groups is 1. The van der Waals surface area contributed by atoms with Crippen molar-refractivity contribution < 1.29 is 4.42 Å². The Balaban J connectivity index is 1.59. The van der Waals surface area contributed by atoms with E-state index in [0.717, 1.165) is 17.1 Å². The molecule has 1 aliphatic rings. The smallest absolute Gasteiger partial charge is 0.170 e. The fraction of sp³-hybridized carbons (Fsp3) is 0.259. The van der Waals surface area contributed by atoms with Gasteiger partial charge in [-0.1, -0.05) is 6.07 Å². The van der Waals surface area contributed by atoms with E-state index < -0.39 is 0 Å². The van der Waals surface area contributed by atoms with Crippen molar-refractivity contribution in [2.24, 2.45) is 0 Å². The molecule has 6 nitrogen and oxygen atoms in total. The Morgan fingerprint density at radius 1 is 1.06 bits per heavy atom. The first-order chi connectivity index (χ1) is 16.4. The van der Waals surface area contributed by atoms with Gasteiger partial charge in [0.25, 0.3) is 0 Å². The van der Waals surface area contributed by atoms with Crippen LogP contribution < -0.4 is 10.2 Å². The van der Waals surface area contributed by atoms with Crippen LogP contribution in [0.1, 0.15) is 40.5 Å². The first kappa shape index (κ1) is 22.2. The third kappa shape index (κ3) is 3.96. The fourth-order valence-corrected chi connectivity index (χ4v) is 5.17. The van der Waals surface area contributed by atoms with E-state index in [-0.39, 0.29) is 12.1 Å². The predicted octanol–water partition coefficient (Wildman–Crippen LogP) is 5.32. The van der Waals surface area contributed by atoms with Crippen LogP contribution in [0.3, 0.4) is 0 Å².